The molecule has 4 heteroatoms. The third-order valence-electron chi connectivity index (χ3n) is 3.27. The number of pyridine rings is 1. The molecule has 1 heterocycles. The highest BCUT2D eigenvalue weighted by atomic mass is 32.2. The van der Waals surface area contributed by atoms with Crippen LogP contribution < -0.4 is 0 Å². The number of hydrogen-bond donors (Lipinski definition) is 0. The molecule has 114 valence electrons. The van der Waals surface area contributed by atoms with Crippen molar-refractivity contribution in [2.45, 2.75) is 9.92 Å². The van der Waals surface area contributed by atoms with Crippen LogP contribution in [0.4, 0.5) is 4.39 Å². The van der Waals surface area contributed by atoms with E-state index < -0.39 is 10.8 Å². The molecular formula is C19H14FNOS. The Labute approximate surface area is 136 Å². The second-order valence-electron chi connectivity index (χ2n) is 4.86. The molecule has 0 fully saturated rings. The monoisotopic (exact) mass is 323 g/mol. The lowest BCUT2D eigenvalue weighted by Crippen LogP contribution is -1.97. The summed E-state index contributed by atoms with van der Waals surface area (Å²) in [5, 5.41) is 0.523. The van der Waals surface area contributed by atoms with Gasteiger partial charge in [0.05, 0.1) is 4.90 Å². The molecular weight excluding hydrogens is 309 g/mol. The number of aromatic nitrogens is 1. The lowest BCUT2D eigenvalue weighted by molar-refractivity contribution is 0.628. The smallest absolute Gasteiger partial charge is 0.132 e. The van der Waals surface area contributed by atoms with Gasteiger partial charge in [0.1, 0.15) is 21.6 Å². The van der Waals surface area contributed by atoms with Gasteiger partial charge in [-0.3, -0.25) is 0 Å². The van der Waals surface area contributed by atoms with Crippen LogP contribution in [0.1, 0.15) is 11.1 Å². The van der Waals surface area contributed by atoms with E-state index in [2.05, 4.69) is 4.98 Å². The van der Waals surface area contributed by atoms with Gasteiger partial charge in [-0.1, -0.05) is 48.6 Å². The van der Waals surface area contributed by atoms with E-state index in [-0.39, 0.29) is 5.82 Å². The van der Waals surface area contributed by atoms with Gasteiger partial charge in [0.15, 0.2) is 0 Å². The zero-order valence-electron chi connectivity index (χ0n) is 12.2. The van der Waals surface area contributed by atoms with Gasteiger partial charge in [0, 0.05) is 6.20 Å². The molecule has 2 aromatic carbocycles. The van der Waals surface area contributed by atoms with Gasteiger partial charge < -0.3 is 0 Å². The normalized spacial score (nSPS) is 12.4. The maximum Gasteiger partial charge on any atom is 0.132 e. The summed E-state index contributed by atoms with van der Waals surface area (Å²) in [4.78, 5) is 4.86. The van der Waals surface area contributed by atoms with Crippen molar-refractivity contribution in [2.24, 2.45) is 0 Å². The maximum atomic E-state index is 12.9. The Bertz CT molecular complexity index is 845. The molecule has 2 nitrogen and oxygen atoms in total. The predicted molar refractivity (Wildman–Crippen MR) is 90.7 cm³/mol. The second-order valence-corrected chi connectivity index (χ2v) is 6.25. The highest BCUT2D eigenvalue weighted by molar-refractivity contribution is 7.85. The van der Waals surface area contributed by atoms with Crippen LogP contribution in [-0.2, 0) is 10.8 Å². The van der Waals surface area contributed by atoms with Crippen molar-refractivity contribution in [3.63, 3.8) is 0 Å². The van der Waals surface area contributed by atoms with Gasteiger partial charge in [-0.2, -0.15) is 0 Å². The molecule has 0 amide bonds. The van der Waals surface area contributed by atoms with E-state index >= 15 is 0 Å². The fourth-order valence-corrected chi connectivity index (χ4v) is 3.25. The fourth-order valence-electron chi connectivity index (χ4n) is 2.12. The molecule has 0 N–H and O–H groups in total. The van der Waals surface area contributed by atoms with Crippen LogP contribution in [0.15, 0.2) is 82.8 Å². The Balaban J connectivity index is 1.92. The Morgan fingerprint density at radius 2 is 1.61 bits per heavy atom. The molecule has 0 radical (unpaired) electrons. The molecule has 23 heavy (non-hydrogen) atoms. The van der Waals surface area contributed by atoms with Gasteiger partial charge in [-0.15, -0.1) is 0 Å². The largest absolute Gasteiger partial charge is 0.247 e. The van der Waals surface area contributed by atoms with Crippen molar-refractivity contribution >= 4 is 23.0 Å². The summed E-state index contributed by atoms with van der Waals surface area (Å²) in [6.07, 6.45) is 5.38. The first-order valence-electron chi connectivity index (χ1n) is 7.09. The average Bonchev–Trinajstić information content (AvgIpc) is 2.62. The summed E-state index contributed by atoms with van der Waals surface area (Å²) >= 11 is 0. The van der Waals surface area contributed by atoms with Gasteiger partial charge in [0.2, 0.25) is 0 Å². The molecule has 1 aromatic heterocycles. The minimum Gasteiger partial charge on any atom is -0.247 e. The molecule has 0 aliphatic rings. The molecule has 0 spiro atoms. The van der Waals surface area contributed by atoms with E-state index in [9.17, 15) is 8.60 Å². The Hall–Kier alpha value is -2.59. The van der Waals surface area contributed by atoms with E-state index in [1.807, 2.05) is 42.5 Å². The third kappa shape index (κ3) is 3.79. The van der Waals surface area contributed by atoms with Crippen LogP contribution in [0.5, 0.6) is 0 Å². The number of benzene rings is 2. The molecule has 0 saturated carbocycles. The number of rotatable bonds is 4. The van der Waals surface area contributed by atoms with Crippen molar-refractivity contribution in [1.82, 2.24) is 4.98 Å². The van der Waals surface area contributed by atoms with Crippen LogP contribution >= 0.6 is 0 Å². The summed E-state index contributed by atoms with van der Waals surface area (Å²) in [5.41, 5.74) is 1.73. The van der Waals surface area contributed by atoms with Crippen molar-refractivity contribution in [2.75, 3.05) is 0 Å². The lowest BCUT2D eigenvalue weighted by Gasteiger charge is -2.05. The quantitative estimate of drug-likeness (QED) is 0.659. The number of nitrogens with zero attached hydrogens (tertiary/aromatic N) is 1. The molecule has 1 unspecified atom stereocenters. The molecule has 0 aliphatic heterocycles. The minimum atomic E-state index is -1.34. The van der Waals surface area contributed by atoms with E-state index in [1.165, 1.54) is 12.1 Å². The topological polar surface area (TPSA) is 30.0 Å². The second kappa shape index (κ2) is 7.11. The van der Waals surface area contributed by atoms with Gasteiger partial charge >= 0.3 is 0 Å². The zero-order chi connectivity index (χ0) is 16.1. The standard InChI is InChI=1S/C19H14FNOS/c20-17-12-9-15(10-13-17)8-11-16-5-1-2-6-18(16)23(22)19-7-3-4-14-21-19/h1-14H/b11-8+. The number of halogens is 1. The highest BCUT2D eigenvalue weighted by Crippen LogP contribution is 2.21. The van der Waals surface area contributed by atoms with E-state index in [4.69, 9.17) is 0 Å². The van der Waals surface area contributed by atoms with Gasteiger partial charge in [-0.05, 0) is 41.5 Å². The fraction of sp³-hybridized carbons (Fsp3) is 0. The Morgan fingerprint density at radius 1 is 0.870 bits per heavy atom. The highest BCUT2D eigenvalue weighted by Gasteiger charge is 2.10. The summed E-state index contributed by atoms with van der Waals surface area (Å²) in [6.45, 7) is 0. The van der Waals surface area contributed by atoms with Crippen molar-refractivity contribution in [3.8, 4) is 0 Å². The summed E-state index contributed by atoms with van der Waals surface area (Å²) in [7, 11) is -1.34. The SMILES string of the molecule is O=S(c1ccccn1)c1ccccc1/C=C/c1ccc(F)cc1. The van der Waals surface area contributed by atoms with Crippen LogP contribution in [0.25, 0.3) is 12.2 Å². The zero-order valence-corrected chi connectivity index (χ0v) is 13.0. The van der Waals surface area contributed by atoms with E-state index in [1.54, 1.807) is 30.5 Å². The van der Waals surface area contributed by atoms with E-state index in [0.29, 0.717) is 9.92 Å². The van der Waals surface area contributed by atoms with Crippen molar-refractivity contribution in [3.05, 3.63) is 89.9 Å². The average molecular weight is 323 g/mol. The summed E-state index contributed by atoms with van der Waals surface area (Å²) in [5.74, 6) is -0.265. The van der Waals surface area contributed by atoms with Crippen LogP contribution in [-0.4, -0.2) is 9.19 Å². The van der Waals surface area contributed by atoms with Gasteiger partial charge in [-0.25, -0.2) is 13.6 Å². The first-order chi connectivity index (χ1) is 11.2. The Morgan fingerprint density at radius 3 is 2.35 bits per heavy atom. The first-order valence-corrected chi connectivity index (χ1v) is 8.24. The number of hydrogen-bond acceptors (Lipinski definition) is 2. The summed E-state index contributed by atoms with van der Waals surface area (Å²) < 4.78 is 25.6. The van der Waals surface area contributed by atoms with Crippen LogP contribution in [0, 0.1) is 5.82 Å². The van der Waals surface area contributed by atoms with Gasteiger partial charge in [0.25, 0.3) is 0 Å². The summed E-state index contributed by atoms with van der Waals surface area (Å²) in [6, 6.07) is 19.1. The lowest BCUT2D eigenvalue weighted by atomic mass is 10.1. The first kappa shape index (κ1) is 15.3. The predicted octanol–water partition coefficient (Wildman–Crippen LogP) is 4.56. The molecule has 0 bridgehead atoms. The third-order valence-corrected chi connectivity index (χ3v) is 4.66. The molecule has 0 saturated heterocycles. The van der Waals surface area contributed by atoms with Crippen LogP contribution in [0.3, 0.4) is 0 Å². The van der Waals surface area contributed by atoms with Crippen LogP contribution in [0.2, 0.25) is 0 Å². The van der Waals surface area contributed by atoms with Crippen molar-refractivity contribution in [1.29, 1.82) is 0 Å². The maximum absolute atomic E-state index is 12.9. The van der Waals surface area contributed by atoms with Crippen molar-refractivity contribution < 1.29 is 8.60 Å². The molecule has 3 aromatic rings. The molecule has 3 rings (SSSR count). The molecule has 1 atom stereocenters. The molecule has 0 aliphatic carbocycles. The minimum absolute atomic E-state index is 0.265. The Kier molecular flexibility index (Phi) is 4.74. The van der Waals surface area contributed by atoms with E-state index in [0.717, 1.165) is 11.1 Å².